The van der Waals surface area contributed by atoms with E-state index in [9.17, 15) is 16.8 Å². The Hall–Kier alpha value is 0.130. The van der Waals surface area contributed by atoms with Gasteiger partial charge in [0.25, 0.3) is 0 Å². The van der Waals surface area contributed by atoms with Gasteiger partial charge in [-0.15, -0.1) is 0 Å². The molecule has 0 aliphatic heterocycles. The lowest BCUT2D eigenvalue weighted by molar-refractivity contribution is 0.593. The van der Waals surface area contributed by atoms with E-state index in [2.05, 4.69) is 43.2 Å². The van der Waals surface area contributed by atoms with Gasteiger partial charge < -0.3 is 0 Å². The third-order valence-electron chi connectivity index (χ3n) is 1.92. The molecule has 0 heterocycles. The fourth-order valence-corrected chi connectivity index (χ4v) is 4.44. The quantitative estimate of drug-likeness (QED) is 0.670. The Labute approximate surface area is 129 Å². The summed E-state index contributed by atoms with van der Waals surface area (Å²) in [6.45, 7) is 0. The number of sulfone groups is 1. The average Bonchev–Trinajstić information content (AvgIpc) is 2.20. The van der Waals surface area contributed by atoms with Crippen molar-refractivity contribution in [2.75, 3.05) is 22.5 Å². The normalized spacial score (nSPS) is 12.4. The Morgan fingerprint density at radius 2 is 1.83 bits per heavy atom. The smallest absolute Gasteiger partial charge is 0.233 e. The van der Waals surface area contributed by atoms with Crippen LogP contribution in [0.2, 0.25) is 0 Å². The van der Waals surface area contributed by atoms with Crippen LogP contribution in [0.5, 0.6) is 0 Å². The Morgan fingerprint density at radius 3 is 2.33 bits per heavy atom. The van der Waals surface area contributed by atoms with E-state index in [1.807, 2.05) is 0 Å². The SMILES string of the molecule is CS(=O)(=O)CCS(=O)(=O)Nc1ccc(I)c(Br)c1. The Morgan fingerprint density at radius 1 is 1.22 bits per heavy atom. The number of benzene rings is 1. The number of rotatable bonds is 5. The van der Waals surface area contributed by atoms with Gasteiger partial charge in [-0.25, -0.2) is 16.8 Å². The fraction of sp³-hybridized carbons (Fsp3) is 0.333. The third-order valence-corrected chi connectivity index (χ3v) is 6.75. The highest BCUT2D eigenvalue weighted by atomic mass is 127. The molecule has 0 aliphatic carbocycles. The minimum atomic E-state index is -3.65. The molecule has 9 heteroatoms. The van der Waals surface area contributed by atoms with Gasteiger partial charge in [-0.3, -0.25) is 4.72 Å². The first-order valence-corrected chi connectivity index (χ1v) is 10.3. The average molecular weight is 468 g/mol. The molecule has 0 aliphatic rings. The van der Waals surface area contributed by atoms with E-state index < -0.39 is 31.4 Å². The first kappa shape index (κ1) is 16.2. The van der Waals surface area contributed by atoms with Crippen LogP contribution >= 0.6 is 38.5 Å². The molecule has 1 N–H and O–H groups in total. The summed E-state index contributed by atoms with van der Waals surface area (Å²) in [6, 6.07) is 4.99. The lowest BCUT2D eigenvalue weighted by atomic mass is 10.3. The molecule has 0 aromatic heterocycles. The van der Waals surface area contributed by atoms with Crippen molar-refractivity contribution in [3.05, 3.63) is 26.2 Å². The first-order valence-electron chi connectivity index (χ1n) is 4.72. The molecule has 0 amide bonds. The summed E-state index contributed by atoms with van der Waals surface area (Å²) in [4.78, 5) is 0. The lowest BCUT2D eigenvalue weighted by Gasteiger charge is -2.08. The van der Waals surface area contributed by atoms with Gasteiger partial charge in [0.1, 0.15) is 9.84 Å². The van der Waals surface area contributed by atoms with Crippen LogP contribution in [0.3, 0.4) is 0 Å². The van der Waals surface area contributed by atoms with Gasteiger partial charge in [-0.05, 0) is 56.7 Å². The van der Waals surface area contributed by atoms with E-state index in [1.165, 1.54) is 0 Å². The van der Waals surface area contributed by atoms with Crippen LogP contribution in [0.25, 0.3) is 0 Å². The highest BCUT2D eigenvalue weighted by Crippen LogP contribution is 2.23. The van der Waals surface area contributed by atoms with Crippen LogP contribution in [0.1, 0.15) is 0 Å². The van der Waals surface area contributed by atoms with Crippen LogP contribution in [-0.4, -0.2) is 34.6 Å². The lowest BCUT2D eigenvalue weighted by Crippen LogP contribution is -2.22. The first-order chi connectivity index (χ1) is 8.09. The molecule has 1 aromatic rings. The predicted molar refractivity (Wildman–Crippen MR) is 84.0 cm³/mol. The number of sulfonamides is 1. The van der Waals surface area contributed by atoms with Crippen molar-refractivity contribution in [3.63, 3.8) is 0 Å². The van der Waals surface area contributed by atoms with Crippen LogP contribution in [0.15, 0.2) is 22.7 Å². The van der Waals surface area contributed by atoms with Crippen LogP contribution < -0.4 is 4.72 Å². The zero-order valence-corrected chi connectivity index (χ0v) is 14.7. The number of nitrogens with one attached hydrogen (secondary N) is 1. The molecule has 1 aromatic carbocycles. The standard InChI is InChI=1S/C9H11BrINO4S2/c1-17(13,14)4-5-18(15,16)12-7-2-3-9(11)8(10)6-7/h2-3,6,12H,4-5H2,1H3. The van der Waals surface area contributed by atoms with Crippen molar-refractivity contribution in [3.8, 4) is 0 Å². The number of hydrogen-bond donors (Lipinski definition) is 1. The summed E-state index contributed by atoms with van der Waals surface area (Å²) in [5.74, 6) is -0.844. The van der Waals surface area contributed by atoms with Crippen molar-refractivity contribution < 1.29 is 16.8 Å². The highest BCUT2D eigenvalue weighted by Gasteiger charge is 2.14. The molecule has 0 bridgehead atoms. The third kappa shape index (κ3) is 5.85. The molecule has 0 saturated carbocycles. The molecular weight excluding hydrogens is 457 g/mol. The second-order valence-electron chi connectivity index (χ2n) is 3.68. The summed E-state index contributed by atoms with van der Waals surface area (Å²) < 4.78 is 49.2. The minimum absolute atomic E-state index is 0.395. The molecule has 1 rings (SSSR count). The molecule has 0 spiro atoms. The van der Waals surface area contributed by atoms with Gasteiger partial charge in [0, 0.05) is 20.0 Å². The zero-order chi connectivity index (χ0) is 14.0. The van der Waals surface area contributed by atoms with Gasteiger partial charge in [-0.1, -0.05) is 0 Å². The topological polar surface area (TPSA) is 80.3 Å². The molecule has 18 heavy (non-hydrogen) atoms. The van der Waals surface area contributed by atoms with E-state index >= 15 is 0 Å². The van der Waals surface area contributed by atoms with Gasteiger partial charge in [-0.2, -0.15) is 0 Å². The van der Waals surface area contributed by atoms with E-state index in [0.29, 0.717) is 5.69 Å². The summed E-state index contributed by atoms with van der Waals surface area (Å²) >= 11 is 5.39. The second kappa shape index (κ2) is 6.06. The van der Waals surface area contributed by atoms with Crippen LogP contribution in [-0.2, 0) is 19.9 Å². The Balaban J connectivity index is 2.80. The maximum atomic E-state index is 11.7. The van der Waals surface area contributed by atoms with E-state index in [0.717, 1.165) is 14.3 Å². The van der Waals surface area contributed by atoms with Crippen molar-refractivity contribution in [1.82, 2.24) is 0 Å². The number of halogens is 2. The van der Waals surface area contributed by atoms with Gasteiger partial charge in [0.15, 0.2) is 0 Å². The van der Waals surface area contributed by atoms with E-state index in [4.69, 9.17) is 0 Å². The second-order valence-corrected chi connectivity index (χ2v) is 9.80. The monoisotopic (exact) mass is 467 g/mol. The van der Waals surface area contributed by atoms with Crippen molar-refractivity contribution in [1.29, 1.82) is 0 Å². The summed E-state index contributed by atoms with van der Waals surface area (Å²) in [7, 11) is -6.94. The van der Waals surface area contributed by atoms with Crippen molar-refractivity contribution in [2.45, 2.75) is 0 Å². The Bertz CT molecular complexity index is 643. The van der Waals surface area contributed by atoms with E-state index in [-0.39, 0.29) is 0 Å². The summed E-state index contributed by atoms with van der Waals surface area (Å²) in [5.41, 5.74) is 0.399. The Kier molecular flexibility index (Phi) is 5.44. The maximum Gasteiger partial charge on any atom is 0.233 e. The van der Waals surface area contributed by atoms with Crippen LogP contribution in [0.4, 0.5) is 5.69 Å². The molecule has 0 unspecified atom stereocenters. The number of hydrogen-bond acceptors (Lipinski definition) is 4. The molecule has 0 fully saturated rings. The highest BCUT2D eigenvalue weighted by molar-refractivity contribution is 14.1. The summed E-state index contributed by atoms with van der Waals surface area (Å²) in [5, 5.41) is 0. The van der Waals surface area contributed by atoms with Gasteiger partial charge in [0.05, 0.1) is 11.5 Å². The largest absolute Gasteiger partial charge is 0.283 e. The maximum absolute atomic E-state index is 11.7. The van der Waals surface area contributed by atoms with Crippen molar-refractivity contribution >= 4 is 64.1 Å². The molecule has 102 valence electrons. The zero-order valence-electron chi connectivity index (χ0n) is 9.35. The molecule has 0 saturated heterocycles. The molecule has 5 nitrogen and oxygen atoms in total. The minimum Gasteiger partial charge on any atom is -0.283 e. The molecular formula is C9H11BrINO4S2. The molecule has 0 radical (unpaired) electrons. The molecule has 0 atom stereocenters. The van der Waals surface area contributed by atoms with Gasteiger partial charge >= 0.3 is 0 Å². The van der Waals surface area contributed by atoms with Crippen molar-refractivity contribution in [2.24, 2.45) is 0 Å². The van der Waals surface area contributed by atoms with Crippen LogP contribution in [0, 0.1) is 3.57 Å². The van der Waals surface area contributed by atoms with E-state index in [1.54, 1.807) is 18.2 Å². The predicted octanol–water partition coefficient (Wildman–Crippen LogP) is 1.84. The van der Waals surface area contributed by atoms with Gasteiger partial charge in [0.2, 0.25) is 10.0 Å². The summed E-state index contributed by atoms with van der Waals surface area (Å²) in [6.07, 6.45) is 1.00. The fourth-order valence-electron chi connectivity index (χ4n) is 1.05. The number of anilines is 1.